The summed E-state index contributed by atoms with van der Waals surface area (Å²) >= 11 is 0. The summed E-state index contributed by atoms with van der Waals surface area (Å²) < 4.78 is 1.99. The number of imidazole rings is 1. The highest BCUT2D eigenvalue weighted by Crippen LogP contribution is 2.38. The van der Waals surface area contributed by atoms with Gasteiger partial charge in [-0.25, -0.2) is 4.98 Å². The van der Waals surface area contributed by atoms with Crippen LogP contribution in [0.2, 0.25) is 0 Å². The molecule has 8 heteroatoms. The first-order valence-corrected chi connectivity index (χ1v) is 9.23. The van der Waals surface area contributed by atoms with E-state index in [1.807, 2.05) is 34.8 Å². The van der Waals surface area contributed by atoms with Crippen molar-refractivity contribution in [2.45, 2.75) is 12.5 Å². The van der Waals surface area contributed by atoms with Crippen molar-refractivity contribution in [2.24, 2.45) is 13.0 Å². The summed E-state index contributed by atoms with van der Waals surface area (Å²) in [5.41, 5.74) is 0.913. The van der Waals surface area contributed by atoms with Crippen molar-refractivity contribution in [1.82, 2.24) is 24.3 Å². The minimum atomic E-state index is -0.355. The third kappa shape index (κ3) is 3.15. The number of aromatic nitrogens is 3. The highest BCUT2D eigenvalue weighted by molar-refractivity contribution is 5.90. The summed E-state index contributed by atoms with van der Waals surface area (Å²) in [6.07, 6.45) is 7.41. The van der Waals surface area contributed by atoms with Crippen LogP contribution < -0.4 is 4.90 Å². The van der Waals surface area contributed by atoms with Gasteiger partial charge in [0.05, 0.1) is 12.0 Å². The van der Waals surface area contributed by atoms with Crippen molar-refractivity contribution in [3.8, 4) is 0 Å². The minimum Gasteiger partial charge on any atom is -0.339 e. The molecule has 8 nitrogen and oxygen atoms in total. The summed E-state index contributed by atoms with van der Waals surface area (Å²) in [5.74, 6) is 0.632. The largest absolute Gasteiger partial charge is 0.339 e. The van der Waals surface area contributed by atoms with Crippen molar-refractivity contribution >= 4 is 17.8 Å². The van der Waals surface area contributed by atoms with Gasteiger partial charge in [0.15, 0.2) is 0 Å². The molecule has 2 aliphatic heterocycles. The predicted octanol–water partition coefficient (Wildman–Crippen LogP) is 0.683. The van der Waals surface area contributed by atoms with Gasteiger partial charge in [-0.1, -0.05) is 6.07 Å². The average molecular weight is 368 g/mol. The van der Waals surface area contributed by atoms with Crippen LogP contribution in [-0.2, 0) is 16.6 Å². The van der Waals surface area contributed by atoms with Crippen LogP contribution in [0.15, 0.2) is 36.9 Å². The third-order valence-corrected chi connectivity index (χ3v) is 5.60. The Morgan fingerprint density at radius 3 is 2.56 bits per heavy atom. The van der Waals surface area contributed by atoms with E-state index >= 15 is 0 Å². The summed E-state index contributed by atoms with van der Waals surface area (Å²) in [7, 11) is 3.74. The number of carbonyl (C=O) groups excluding carboxylic acids is 2. The molecule has 4 rings (SSSR count). The van der Waals surface area contributed by atoms with Gasteiger partial charge in [0.1, 0.15) is 0 Å². The Balaban J connectivity index is 1.47. The number of pyridine rings is 1. The van der Waals surface area contributed by atoms with E-state index in [1.165, 1.54) is 0 Å². The fourth-order valence-electron chi connectivity index (χ4n) is 4.12. The second-order valence-electron chi connectivity index (χ2n) is 7.20. The number of anilines is 1. The van der Waals surface area contributed by atoms with Crippen LogP contribution in [0.25, 0.3) is 0 Å². The summed E-state index contributed by atoms with van der Waals surface area (Å²) in [4.78, 5) is 39.8. The van der Waals surface area contributed by atoms with Crippen LogP contribution in [0.5, 0.6) is 0 Å². The second-order valence-corrected chi connectivity index (χ2v) is 7.20. The molecule has 2 aromatic heterocycles. The molecule has 0 spiro atoms. The number of aryl methyl sites for hydroxylation is 1. The molecule has 2 fully saturated rings. The van der Waals surface area contributed by atoms with Gasteiger partial charge in [-0.3, -0.25) is 14.6 Å². The van der Waals surface area contributed by atoms with Gasteiger partial charge in [0.25, 0.3) is 0 Å². The van der Waals surface area contributed by atoms with E-state index in [-0.39, 0.29) is 30.2 Å². The molecule has 0 N–H and O–H groups in total. The minimum absolute atomic E-state index is 0.00819. The van der Waals surface area contributed by atoms with Crippen molar-refractivity contribution in [1.29, 1.82) is 0 Å². The maximum atomic E-state index is 13.2. The Labute approximate surface area is 158 Å². The number of carbonyl (C=O) groups is 2. The highest BCUT2D eigenvalue weighted by Gasteiger charge is 2.44. The molecule has 4 heterocycles. The average Bonchev–Trinajstić information content (AvgIpc) is 3.25. The zero-order chi connectivity index (χ0) is 19.0. The molecule has 2 amide bonds. The van der Waals surface area contributed by atoms with E-state index in [0.717, 1.165) is 24.6 Å². The fourth-order valence-corrected chi connectivity index (χ4v) is 4.12. The molecule has 2 saturated heterocycles. The summed E-state index contributed by atoms with van der Waals surface area (Å²) in [6.45, 7) is 2.76. The van der Waals surface area contributed by atoms with Gasteiger partial charge < -0.3 is 19.3 Å². The molecule has 0 saturated carbocycles. The first kappa shape index (κ1) is 17.5. The molecule has 0 aromatic carbocycles. The van der Waals surface area contributed by atoms with Gasteiger partial charge in [0.2, 0.25) is 17.8 Å². The molecule has 2 atom stereocenters. The molecule has 2 aromatic rings. The van der Waals surface area contributed by atoms with E-state index < -0.39 is 0 Å². The Hall–Kier alpha value is -2.90. The fraction of sp³-hybridized carbons (Fsp3) is 0.474. The standard InChI is InChI=1S/C19H24N6O2/c1-22-7-6-21-19(22)25-10-8-24(9-11-25)18(27)15-12-16(26)23(2)17(15)14-4-3-5-20-13-14/h3-7,13,15,17H,8-12H2,1-2H3. The van der Waals surface area contributed by atoms with Crippen LogP contribution in [0.1, 0.15) is 18.0 Å². The van der Waals surface area contributed by atoms with Crippen molar-refractivity contribution < 1.29 is 9.59 Å². The molecule has 2 unspecified atom stereocenters. The van der Waals surface area contributed by atoms with E-state index in [2.05, 4.69) is 14.9 Å². The quantitative estimate of drug-likeness (QED) is 0.797. The van der Waals surface area contributed by atoms with Gasteiger partial charge >= 0.3 is 0 Å². The first-order chi connectivity index (χ1) is 13.1. The van der Waals surface area contributed by atoms with Crippen LogP contribution in [0.4, 0.5) is 5.95 Å². The Bertz CT molecular complexity index is 828. The topological polar surface area (TPSA) is 74.6 Å². The van der Waals surface area contributed by atoms with Gasteiger partial charge in [0, 0.05) is 71.5 Å². The number of rotatable bonds is 3. The van der Waals surface area contributed by atoms with E-state index in [4.69, 9.17) is 0 Å². The number of likely N-dealkylation sites (tertiary alicyclic amines) is 1. The molecular weight excluding hydrogens is 344 g/mol. The third-order valence-electron chi connectivity index (χ3n) is 5.60. The lowest BCUT2D eigenvalue weighted by molar-refractivity contribution is -0.136. The molecule has 0 radical (unpaired) electrons. The zero-order valence-electron chi connectivity index (χ0n) is 15.7. The summed E-state index contributed by atoms with van der Waals surface area (Å²) in [5, 5.41) is 0. The highest BCUT2D eigenvalue weighted by atomic mass is 16.2. The Kier molecular flexibility index (Phi) is 4.55. The number of hydrogen-bond acceptors (Lipinski definition) is 5. The maximum Gasteiger partial charge on any atom is 0.228 e. The number of nitrogens with zero attached hydrogens (tertiary/aromatic N) is 6. The molecule has 0 bridgehead atoms. The lowest BCUT2D eigenvalue weighted by atomic mass is 9.93. The van der Waals surface area contributed by atoms with Gasteiger partial charge in [-0.2, -0.15) is 0 Å². The van der Waals surface area contributed by atoms with E-state index in [1.54, 1.807) is 30.5 Å². The lowest BCUT2D eigenvalue weighted by Crippen LogP contribution is -2.51. The Morgan fingerprint density at radius 1 is 1.15 bits per heavy atom. The maximum absolute atomic E-state index is 13.2. The van der Waals surface area contributed by atoms with Crippen molar-refractivity contribution in [3.05, 3.63) is 42.5 Å². The Morgan fingerprint density at radius 2 is 1.93 bits per heavy atom. The predicted molar refractivity (Wildman–Crippen MR) is 99.9 cm³/mol. The summed E-state index contributed by atoms with van der Waals surface area (Å²) in [6, 6.07) is 3.54. The monoisotopic (exact) mass is 368 g/mol. The van der Waals surface area contributed by atoms with Gasteiger partial charge in [-0.05, 0) is 11.6 Å². The first-order valence-electron chi connectivity index (χ1n) is 9.23. The number of hydrogen-bond donors (Lipinski definition) is 0. The molecule has 142 valence electrons. The van der Waals surface area contributed by atoms with E-state index in [0.29, 0.717) is 13.1 Å². The van der Waals surface area contributed by atoms with Gasteiger partial charge in [-0.15, -0.1) is 0 Å². The van der Waals surface area contributed by atoms with Crippen LogP contribution >= 0.6 is 0 Å². The van der Waals surface area contributed by atoms with E-state index in [9.17, 15) is 9.59 Å². The smallest absolute Gasteiger partial charge is 0.228 e. The normalized spacial score (nSPS) is 23.2. The van der Waals surface area contributed by atoms with Crippen molar-refractivity contribution in [2.75, 3.05) is 38.1 Å². The second kappa shape index (κ2) is 7.02. The van der Waals surface area contributed by atoms with Crippen LogP contribution in [0.3, 0.4) is 0 Å². The molecular formula is C19H24N6O2. The number of piperazine rings is 1. The molecule has 2 aliphatic rings. The SMILES string of the molecule is CN1C(=O)CC(C(=O)N2CCN(c3nccn3C)CC2)C1c1cccnc1. The lowest BCUT2D eigenvalue weighted by Gasteiger charge is -2.37. The van der Waals surface area contributed by atoms with Crippen LogP contribution in [0, 0.1) is 5.92 Å². The van der Waals surface area contributed by atoms with Crippen molar-refractivity contribution in [3.63, 3.8) is 0 Å². The molecule has 27 heavy (non-hydrogen) atoms. The number of amides is 2. The zero-order valence-corrected chi connectivity index (χ0v) is 15.7. The molecule has 0 aliphatic carbocycles. The van der Waals surface area contributed by atoms with Crippen LogP contribution in [-0.4, -0.2) is 69.4 Å².